The second-order valence-corrected chi connectivity index (χ2v) is 5.41. The topological polar surface area (TPSA) is 68.0 Å². The van der Waals surface area contributed by atoms with Crippen molar-refractivity contribution in [1.82, 2.24) is 4.98 Å². The van der Waals surface area contributed by atoms with Crippen molar-refractivity contribution in [1.29, 1.82) is 0 Å². The summed E-state index contributed by atoms with van der Waals surface area (Å²) < 4.78 is 0. The average molecular weight is 247 g/mol. The van der Waals surface area contributed by atoms with E-state index in [4.69, 9.17) is 5.73 Å². The number of aromatic nitrogens is 1. The predicted octanol–water partition coefficient (Wildman–Crippen LogP) is 2.42. The van der Waals surface area contributed by atoms with Crippen LogP contribution < -0.4 is 11.1 Å². The Hall–Kier alpha value is -1.58. The van der Waals surface area contributed by atoms with Crippen LogP contribution in [0.2, 0.25) is 0 Å². The first-order chi connectivity index (χ1) is 8.58. The van der Waals surface area contributed by atoms with E-state index in [1.807, 2.05) is 0 Å². The third kappa shape index (κ3) is 2.81. The van der Waals surface area contributed by atoms with E-state index in [0.29, 0.717) is 23.3 Å². The van der Waals surface area contributed by atoms with E-state index >= 15 is 0 Å². The fraction of sp³-hybridized carbons (Fsp3) is 0.571. The summed E-state index contributed by atoms with van der Waals surface area (Å²) in [6, 6.07) is 3.83. The molecular formula is C14H21N3O. The number of anilines is 1. The van der Waals surface area contributed by atoms with Gasteiger partial charge in [0.2, 0.25) is 0 Å². The molecule has 18 heavy (non-hydrogen) atoms. The van der Waals surface area contributed by atoms with E-state index in [2.05, 4.69) is 24.1 Å². The first kappa shape index (κ1) is 12.9. The van der Waals surface area contributed by atoms with Crippen molar-refractivity contribution >= 4 is 11.7 Å². The monoisotopic (exact) mass is 247 g/mol. The molecule has 1 saturated carbocycles. The van der Waals surface area contributed by atoms with Crippen molar-refractivity contribution in [3.05, 3.63) is 23.9 Å². The molecule has 1 aliphatic rings. The maximum atomic E-state index is 11.3. The summed E-state index contributed by atoms with van der Waals surface area (Å²) in [6.45, 7) is 4.54. The average Bonchev–Trinajstić information content (AvgIpc) is 2.33. The molecule has 0 saturated heterocycles. The molecule has 3 unspecified atom stereocenters. The van der Waals surface area contributed by atoms with Crippen LogP contribution in [0.5, 0.6) is 0 Å². The lowest BCUT2D eigenvalue weighted by Gasteiger charge is -2.33. The summed E-state index contributed by atoms with van der Waals surface area (Å²) in [6.07, 6.45) is 5.25. The van der Waals surface area contributed by atoms with Gasteiger partial charge in [-0.2, -0.15) is 0 Å². The molecule has 1 fully saturated rings. The van der Waals surface area contributed by atoms with Crippen LogP contribution in [0.1, 0.15) is 43.5 Å². The third-order valence-corrected chi connectivity index (χ3v) is 3.83. The second kappa shape index (κ2) is 5.38. The highest BCUT2D eigenvalue weighted by atomic mass is 16.1. The Morgan fingerprint density at radius 2 is 2.22 bits per heavy atom. The van der Waals surface area contributed by atoms with E-state index in [0.717, 1.165) is 12.3 Å². The lowest BCUT2D eigenvalue weighted by molar-refractivity contribution is 0.100. The van der Waals surface area contributed by atoms with Crippen LogP contribution in [0.3, 0.4) is 0 Å². The molecule has 1 heterocycles. The summed E-state index contributed by atoms with van der Waals surface area (Å²) in [5.41, 5.74) is 5.83. The number of nitrogens with zero attached hydrogens (tertiary/aromatic N) is 1. The number of hydrogen-bond acceptors (Lipinski definition) is 3. The van der Waals surface area contributed by atoms with Gasteiger partial charge < -0.3 is 11.1 Å². The quantitative estimate of drug-likeness (QED) is 0.862. The molecule has 4 heteroatoms. The van der Waals surface area contributed by atoms with E-state index in [1.54, 1.807) is 18.3 Å². The van der Waals surface area contributed by atoms with E-state index in [1.165, 1.54) is 12.8 Å². The van der Waals surface area contributed by atoms with Gasteiger partial charge in [-0.15, -0.1) is 0 Å². The second-order valence-electron chi connectivity index (χ2n) is 5.41. The number of amides is 1. The number of carbonyl (C=O) groups excluding carboxylic acids is 1. The molecule has 3 N–H and O–H groups in total. The number of nitrogens with two attached hydrogens (primary N) is 1. The van der Waals surface area contributed by atoms with Gasteiger partial charge in [-0.3, -0.25) is 4.79 Å². The molecule has 0 aromatic carbocycles. The van der Waals surface area contributed by atoms with Crippen molar-refractivity contribution in [2.75, 3.05) is 5.32 Å². The molecule has 1 aromatic rings. The molecule has 4 nitrogen and oxygen atoms in total. The molecule has 0 spiro atoms. The van der Waals surface area contributed by atoms with E-state index < -0.39 is 5.91 Å². The van der Waals surface area contributed by atoms with Gasteiger partial charge in [-0.05, 0) is 43.2 Å². The molecule has 1 amide bonds. The first-order valence-electron chi connectivity index (χ1n) is 6.59. The summed E-state index contributed by atoms with van der Waals surface area (Å²) in [5.74, 6) is 1.58. The van der Waals surface area contributed by atoms with Gasteiger partial charge in [-0.1, -0.05) is 13.8 Å². The summed E-state index contributed by atoms with van der Waals surface area (Å²) in [4.78, 5) is 15.6. The lowest BCUT2D eigenvalue weighted by Crippen LogP contribution is -2.34. The summed E-state index contributed by atoms with van der Waals surface area (Å²) in [5, 5.41) is 3.39. The van der Waals surface area contributed by atoms with Crippen molar-refractivity contribution < 1.29 is 4.79 Å². The number of pyridine rings is 1. The Morgan fingerprint density at radius 3 is 2.89 bits per heavy atom. The number of nitrogens with one attached hydrogen (secondary N) is 1. The van der Waals surface area contributed by atoms with Gasteiger partial charge in [0, 0.05) is 12.2 Å². The Balaban J connectivity index is 2.12. The Labute approximate surface area is 108 Å². The smallest absolute Gasteiger partial charge is 0.252 e. The van der Waals surface area contributed by atoms with Gasteiger partial charge in [0.25, 0.3) is 5.91 Å². The van der Waals surface area contributed by atoms with Crippen LogP contribution in [-0.2, 0) is 0 Å². The molecule has 1 aromatic heterocycles. The van der Waals surface area contributed by atoms with Crippen molar-refractivity contribution in [2.45, 2.75) is 39.2 Å². The van der Waals surface area contributed by atoms with Crippen molar-refractivity contribution in [3.63, 3.8) is 0 Å². The highest BCUT2D eigenvalue weighted by Gasteiger charge is 2.26. The normalized spacial score (nSPS) is 27.8. The predicted molar refractivity (Wildman–Crippen MR) is 72.3 cm³/mol. The highest BCUT2D eigenvalue weighted by Crippen LogP contribution is 2.30. The molecule has 2 rings (SSSR count). The van der Waals surface area contributed by atoms with Gasteiger partial charge >= 0.3 is 0 Å². The molecule has 1 aliphatic carbocycles. The minimum Gasteiger partial charge on any atom is -0.366 e. The fourth-order valence-corrected chi connectivity index (χ4v) is 2.77. The Morgan fingerprint density at radius 1 is 1.44 bits per heavy atom. The molecule has 3 atom stereocenters. The van der Waals surface area contributed by atoms with E-state index in [9.17, 15) is 4.79 Å². The first-order valence-corrected chi connectivity index (χ1v) is 6.59. The maximum Gasteiger partial charge on any atom is 0.252 e. The number of carbonyl (C=O) groups is 1. The van der Waals surface area contributed by atoms with Crippen molar-refractivity contribution in [2.24, 2.45) is 17.6 Å². The van der Waals surface area contributed by atoms with Crippen molar-refractivity contribution in [3.8, 4) is 0 Å². The Bertz CT molecular complexity index is 433. The summed E-state index contributed by atoms with van der Waals surface area (Å²) in [7, 11) is 0. The van der Waals surface area contributed by atoms with E-state index in [-0.39, 0.29) is 0 Å². The van der Waals surface area contributed by atoms with Gasteiger partial charge in [0.1, 0.15) is 5.82 Å². The van der Waals surface area contributed by atoms with Crippen LogP contribution >= 0.6 is 0 Å². The largest absolute Gasteiger partial charge is 0.366 e. The maximum absolute atomic E-state index is 11.3. The lowest BCUT2D eigenvalue weighted by atomic mass is 9.80. The van der Waals surface area contributed by atoms with Crippen LogP contribution in [0.15, 0.2) is 18.3 Å². The van der Waals surface area contributed by atoms with Gasteiger partial charge in [0.15, 0.2) is 0 Å². The van der Waals surface area contributed by atoms with Gasteiger partial charge in [0.05, 0.1) is 5.56 Å². The zero-order valence-electron chi connectivity index (χ0n) is 11.0. The SMILES string of the molecule is CC1CCC(Nc2ncccc2C(N)=O)C(C)C1. The standard InChI is InChI=1S/C14H21N3O/c1-9-5-6-12(10(2)8-9)17-14-11(13(15)18)4-3-7-16-14/h3-4,7,9-10,12H,5-6,8H2,1-2H3,(H2,15,18)(H,16,17). The summed E-state index contributed by atoms with van der Waals surface area (Å²) >= 11 is 0. The van der Waals surface area contributed by atoms with Gasteiger partial charge in [-0.25, -0.2) is 4.98 Å². The minimum atomic E-state index is -0.428. The molecular weight excluding hydrogens is 226 g/mol. The molecule has 0 aliphatic heterocycles. The van der Waals surface area contributed by atoms with Crippen LogP contribution in [0.4, 0.5) is 5.82 Å². The highest BCUT2D eigenvalue weighted by molar-refractivity contribution is 5.97. The molecule has 98 valence electrons. The zero-order chi connectivity index (χ0) is 13.1. The van der Waals surface area contributed by atoms with Crippen LogP contribution in [-0.4, -0.2) is 16.9 Å². The zero-order valence-corrected chi connectivity index (χ0v) is 11.0. The number of rotatable bonds is 3. The number of primary amides is 1. The third-order valence-electron chi connectivity index (χ3n) is 3.83. The molecule has 0 radical (unpaired) electrons. The van der Waals surface area contributed by atoms with Crippen LogP contribution in [0, 0.1) is 11.8 Å². The Kier molecular flexibility index (Phi) is 3.84. The minimum absolute atomic E-state index is 0.384. The van der Waals surface area contributed by atoms with Crippen LogP contribution in [0.25, 0.3) is 0 Å². The fourth-order valence-electron chi connectivity index (χ4n) is 2.77. The number of hydrogen-bond donors (Lipinski definition) is 2. The molecule has 0 bridgehead atoms.